The first-order valence-electron chi connectivity index (χ1n) is 9.79. The van der Waals surface area contributed by atoms with Crippen molar-refractivity contribution < 1.29 is 17.9 Å². The number of carbonyl (C=O) groups excluding carboxylic acids is 1. The number of hydrogen-bond donors (Lipinski definition) is 1. The van der Waals surface area contributed by atoms with Gasteiger partial charge in [-0.25, -0.2) is 8.42 Å². The molecule has 0 saturated carbocycles. The van der Waals surface area contributed by atoms with Gasteiger partial charge in [0, 0.05) is 6.04 Å². The normalized spacial score (nSPS) is 13.4. The number of anilines is 1. The lowest BCUT2D eigenvalue weighted by Gasteiger charge is -2.29. The highest BCUT2D eigenvalue weighted by atomic mass is 32.2. The highest BCUT2D eigenvalue weighted by molar-refractivity contribution is 7.92. The Kier molecular flexibility index (Phi) is 8.08. The van der Waals surface area contributed by atoms with Crippen LogP contribution in [0, 0.1) is 0 Å². The van der Waals surface area contributed by atoms with Crippen LogP contribution < -0.4 is 14.4 Å². The zero-order valence-corrected chi connectivity index (χ0v) is 18.3. The first-order chi connectivity index (χ1) is 13.7. The van der Waals surface area contributed by atoms with Gasteiger partial charge in [-0.1, -0.05) is 30.3 Å². The molecular formula is C22H30N2O4S. The molecule has 0 aliphatic rings. The minimum absolute atomic E-state index is 0.0769. The topological polar surface area (TPSA) is 75.7 Å². The van der Waals surface area contributed by atoms with Crippen LogP contribution in [0.2, 0.25) is 0 Å². The van der Waals surface area contributed by atoms with E-state index in [2.05, 4.69) is 17.4 Å². The SMILES string of the molecule is CCOc1ccc(N([C@H](C)C(=O)N[C@H](C)CCc2ccccc2)S(C)(=O)=O)cc1. The Morgan fingerprint density at radius 3 is 2.24 bits per heavy atom. The van der Waals surface area contributed by atoms with Crippen molar-refractivity contribution >= 4 is 21.6 Å². The lowest BCUT2D eigenvalue weighted by molar-refractivity contribution is -0.122. The number of benzene rings is 2. The van der Waals surface area contributed by atoms with E-state index in [1.165, 1.54) is 5.56 Å². The van der Waals surface area contributed by atoms with Gasteiger partial charge in [-0.2, -0.15) is 0 Å². The monoisotopic (exact) mass is 418 g/mol. The van der Waals surface area contributed by atoms with E-state index in [1.807, 2.05) is 32.0 Å². The molecule has 0 spiro atoms. The van der Waals surface area contributed by atoms with Crippen molar-refractivity contribution in [3.05, 3.63) is 60.2 Å². The van der Waals surface area contributed by atoms with Crippen LogP contribution in [0.5, 0.6) is 5.75 Å². The third-order valence-corrected chi connectivity index (χ3v) is 5.83. The minimum atomic E-state index is -3.65. The summed E-state index contributed by atoms with van der Waals surface area (Å²) in [5.41, 5.74) is 1.63. The quantitative estimate of drug-likeness (QED) is 0.642. The van der Waals surface area contributed by atoms with Crippen molar-refractivity contribution in [1.82, 2.24) is 5.32 Å². The summed E-state index contributed by atoms with van der Waals surface area (Å²) < 4.78 is 31.3. The van der Waals surface area contributed by atoms with Gasteiger partial charge in [-0.05, 0) is 63.4 Å². The van der Waals surface area contributed by atoms with Crippen molar-refractivity contribution in [2.45, 2.75) is 45.7 Å². The van der Waals surface area contributed by atoms with Gasteiger partial charge in [0.15, 0.2) is 0 Å². The predicted molar refractivity (Wildman–Crippen MR) is 117 cm³/mol. The maximum absolute atomic E-state index is 12.8. The van der Waals surface area contributed by atoms with Gasteiger partial charge >= 0.3 is 0 Å². The molecule has 0 saturated heterocycles. The molecule has 2 atom stereocenters. The van der Waals surface area contributed by atoms with E-state index in [-0.39, 0.29) is 11.9 Å². The van der Waals surface area contributed by atoms with Gasteiger partial charge in [-0.3, -0.25) is 9.10 Å². The third-order valence-electron chi connectivity index (χ3n) is 4.59. The van der Waals surface area contributed by atoms with E-state index in [0.717, 1.165) is 23.4 Å². The number of sulfonamides is 1. The van der Waals surface area contributed by atoms with E-state index in [1.54, 1.807) is 31.2 Å². The Morgan fingerprint density at radius 2 is 1.69 bits per heavy atom. The lowest BCUT2D eigenvalue weighted by Crippen LogP contribution is -2.49. The van der Waals surface area contributed by atoms with Gasteiger partial charge < -0.3 is 10.1 Å². The molecule has 0 aliphatic carbocycles. The van der Waals surface area contributed by atoms with Crippen LogP contribution in [-0.2, 0) is 21.2 Å². The van der Waals surface area contributed by atoms with Crippen LogP contribution in [0.3, 0.4) is 0 Å². The fourth-order valence-electron chi connectivity index (χ4n) is 3.13. The summed E-state index contributed by atoms with van der Waals surface area (Å²) in [4.78, 5) is 12.8. The predicted octanol–water partition coefficient (Wildman–Crippen LogP) is 3.38. The van der Waals surface area contributed by atoms with Crippen molar-refractivity contribution in [1.29, 1.82) is 0 Å². The van der Waals surface area contributed by atoms with Crippen molar-refractivity contribution in [2.75, 3.05) is 17.2 Å². The number of carbonyl (C=O) groups is 1. The van der Waals surface area contributed by atoms with Crippen LogP contribution in [0.15, 0.2) is 54.6 Å². The Bertz CT molecular complexity index is 883. The Morgan fingerprint density at radius 1 is 1.07 bits per heavy atom. The van der Waals surface area contributed by atoms with E-state index >= 15 is 0 Å². The smallest absolute Gasteiger partial charge is 0.243 e. The molecule has 7 heteroatoms. The summed E-state index contributed by atoms with van der Waals surface area (Å²) in [6.07, 6.45) is 2.71. The summed E-state index contributed by atoms with van der Waals surface area (Å²) in [5, 5.41) is 2.93. The molecule has 1 amide bonds. The second kappa shape index (κ2) is 10.3. The zero-order valence-electron chi connectivity index (χ0n) is 17.5. The van der Waals surface area contributed by atoms with E-state index in [0.29, 0.717) is 18.0 Å². The third kappa shape index (κ3) is 6.78. The number of nitrogens with zero attached hydrogens (tertiary/aromatic N) is 1. The Balaban J connectivity index is 2.06. The number of nitrogens with one attached hydrogen (secondary N) is 1. The number of rotatable bonds is 10. The summed E-state index contributed by atoms with van der Waals surface area (Å²) >= 11 is 0. The minimum Gasteiger partial charge on any atom is -0.494 e. The van der Waals surface area contributed by atoms with Crippen LogP contribution in [0.4, 0.5) is 5.69 Å². The molecule has 0 aliphatic heterocycles. The maximum Gasteiger partial charge on any atom is 0.243 e. The standard InChI is InChI=1S/C22H30N2O4S/c1-5-28-21-15-13-20(14-16-21)24(29(4,26)27)18(3)22(25)23-17(2)11-12-19-9-7-6-8-10-19/h6-10,13-18H,5,11-12H2,1-4H3,(H,23,25)/t17-,18-/m1/s1. The molecule has 29 heavy (non-hydrogen) atoms. The first-order valence-corrected chi connectivity index (χ1v) is 11.6. The average molecular weight is 419 g/mol. The molecular weight excluding hydrogens is 388 g/mol. The molecule has 0 radical (unpaired) electrons. The summed E-state index contributed by atoms with van der Waals surface area (Å²) in [6, 6.07) is 15.8. The van der Waals surface area contributed by atoms with Crippen LogP contribution in [0.25, 0.3) is 0 Å². The second-order valence-corrected chi connectivity index (χ2v) is 8.96. The number of ether oxygens (including phenoxy) is 1. The van der Waals surface area contributed by atoms with Gasteiger partial charge in [0.2, 0.25) is 15.9 Å². The molecule has 1 N–H and O–H groups in total. The fraction of sp³-hybridized carbons (Fsp3) is 0.409. The second-order valence-electron chi connectivity index (χ2n) is 7.10. The molecule has 2 aromatic rings. The molecule has 0 heterocycles. The van der Waals surface area contributed by atoms with Gasteiger partial charge in [0.25, 0.3) is 0 Å². The Hall–Kier alpha value is -2.54. The van der Waals surface area contributed by atoms with Crippen molar-refractivity contribution in [3.8, 4) is 5.75 Å². The van der Waals surface area contributed by atoms with E-state index < -0.39 is 16.1 Å². The van der Waals surface area contributed by atoms with Crippen molar-refractivity contribution in [3.63, 3.8) is 0 Å². The average Bonchev–Trinajstić information content (AvgIpc) is 2.68. The van der Waals surface area contributed by atoms with Gasteiger partial charge in [-0.15, -0.1) is 0 Å². The largest absolute Gasteiger partial charge is 0.494 e. The first kappa shape index (κ1) is 22.7. The van der Waals surface area contributed by atoms with Gasteiger partial charge in [0.05, 0.1) is 18.6 Å². The number of amides is 1. The molecule has 0 unspecified atom stereocenters. The lowest BCUT2D eigenvalue weighted by atomic mass is 10.1. The Labute approximate surface area is 173 Å². The fourth-order valence-corrected chi connectivity index (χ4v) is 4.30. The summed E-state index contributed by atoms with van der Waals surface area (Å²) in [5.74, 6) is 0.321. The van der Waals surface area contributed by atoms with Crippen LogP contribution >= 0.6 is 0 Å². The molecule has 0 bridgehead atoms. The summed E-state index contributed by atoms with van der Waals surface area (Å²) in [7, 11) is -3.65. The molecule has 2 rings (SSSR count). The van der Waals surface area contributed by atoms with E-state index in [4.69, 9.17) is 4.74 Å². The highest BCUT2D eigenvalue weighted by Gasteiger charge is 2.29. The maximum atomic E-state index is 12.8. The highest BCUT2D eigenvalue weighted by Crippen LogP contribution is 2.24. The molecule has 0 fully saturated rings. The van der Waals surface area contributed by atoms with E-state index in [9.17, 15) is 13.2 Å². The molecule has 0 aromatic heterocycles. The molecule has 2 aromatic carbocycles. The zero-order chi connectivity index (χ0) is 21.4. The van der Waals surface area contributed by atoms with Crippen LogP contribution in [-0.4, -0.2) is 39.3 Å². The van der Waals surface area contributed by atoms with Gasteiger partial charge in [0.1, 0.15) is 11.8 Å². The van der Waals surface area contributed by atoms with Crippen LogP contribution in [0.1, 0.15) is 32.8 Å². The van der Waals surface area contributed by atoms with Crippen molar-refractivity contribution in [2.24, 2.45) is 0 Å². The molecule has 6 nitrogen and oxygen atoms in total. The molecule has 158 valence electrons. The number of aryl methyl sites for hydroxylation is 1. The summed E-state index contributed by atoms with van der Waals surface area (Å²) in [6.45, 7) is 5.92. The number of hydrogen-bond acceptors (Lipinski definition) is 4.